The van der Waals surface area contributed by atoms with Gasteiger partial charge in [-0.15, -0.1) is 0 Å². The Balaban J connectivity index is 1.65. The first-order valence-electron chi connectivity index (χ1n) is 9.16. The highest BCUT2D eigenvalue weighted by atomic mass is 19.4. The molecular formula is C19H17F3N4O4. The molecule has 0 unspecified atom stereocenters. The molecule has 0 saturated carbocycles. The second-order valence-electron chi connectivity index (χ2n) is 6.82. The van der Waals surface area contributed by atoms with E-state index < -0.39 is 17.6 Å². The molecule has 3 aromatic rings. The van der Waals surface area contributed by atoms with Gasteiger partial charge in [-0.3, -0.25) is 9.78 Å². The van der Waals surface area contributed by atoms with E-state index in [1.807, 2.05) is 0 Å². The first kappa shape index (κ1) is 20.0. The van der Waals surface area contributed by atoms with Crippen LogP contribution in [0.3, 0.4) is 0 Å². The number of carbonyl (C=O) groups is 1. The van der Waals surface area contributed by atoms with E-state index in [1.54, 1.807) is 6.07 Å². The molecule has 0 aliphatic carbocycles. The molecule has 0 bridgehead atoms. The third kappa shape index (κ3) is 4.30. The van der Waals surface area contributed by atoms with Gasteiger partial charge in [-0.2, -0.15) is 13.2 Å². The van der Waals surface area contributed by atoms with Crippen LogP contribution in [0.2, 0.25) is 0 Å². The minimum atomic E-state index is -4.66. The molecule has 2 aromatic heterocycles. The van der Waals surface area contributed by atoms with Crippen LogP contribution in [0.5, 0.6) is 0 Å². The van der Waals surface area contributed by atoms with Crippen LogP contribution in [0.25, 0.3) is 11.1 Å². The quantitative estimate of drug-likeness (QED) is 0.592. The number of amides is 1. The first-order valence-corrected chi connectivity index (χ1v) is 9.16. The Morgan fingerprint density at radius 1 is 1.17 bits per heavy atom. The Hall–Kier alpha value is -3.34. The lowest BCUT2D eigenvalue weighted by Gasteiger charge is -2.22. The molecule has 30 heavy (non-hydrogen) atoms. The minimum Gasteiger partial charge on any atom is -0.408 e. The number of aromatic amines is 1. The number of nitrogens with zero attached hydrogens (tertiary/aromatic N) is 1. The van der Waals surface area contributed by atoms with Crippen LogP contribution in [-0.2, 0) is 15.7 Å². The van der Waals surface area contributed by atoms with Crippen molar-refractivity contribution in [3.63, 3.8) is 0 Å². The molecule has 0 atom stereocenters. The number of benzene rings is 1. The van der Waals surface area contributed by atoms with Gasteiger partial charge in [-0.05, 0) is 37.1 Å². The number of aromatic nitrogens is 2. The van der Waals surface area contributed by atoms with Crippen LogP contribution in [0, 0.1) is 5.92 Å². The molecule has 3 N–H and O–H groups in total. The minimum absolute atomic E-state index is 0.107. The van der Waals surface area contributed by atoms with Crippen LogP contribution < -0.4 is 16.4 Å². The van der Waals surface area contributed by atoms with Crippen LogP contribution in [0.1, 0.15) is 18.5 Å². The van der Waals surface area contributed by atoms with E-state index in [-0.39, 0.29) is 28.9 Å². The smallest absolute Gasteiger partial charge is 0.408 e. The van der Waals surface area contributed by atoms with E-state index in [0.717, 1.165) is 12.1 Å². The number of oxazole rings is 1. The summed E-state index contributed by atoms with van der Waals surface area (Å²) in [5.74, 6) is -1.43. The zero-order valence-electron chi connectivity index (χ0n) is 15.5. The molecule has 3 heterocycles. The number of halogens is 3. The molecule has 1 aromatic carbocycles. The van der Waals surface area contributed by atoms with Crippen molar-refractivity contribution in [2.24, 2.45) is 5.92 Å². The van der Waals surface area contributed by atoms with Crippen molar-refractivity contribution in [2.45, 2.75) is 19.0 Å². The molecule has 0 radical (unpaired) electrons. The Kier molecular flexibility index (Phi) is 5.20. The topological polar surface area (TPSA) is 109 Å². The van der Waals surface area contributed by atoms with Gasteiger partial charge in [0.1, 0.15) is 5.69 Å². The molecule has 1 fully saturated rings. The maximum Gasteiger partial charge on any atom is 0.433 e. The van der Waals surface area contributed by atoms with Gasteiger partial charge in [0.15, 0.2) is 11.4 Å². The number of ether oxygens (including phenoxy) is 1. The summed E-state index contributed by atoms with van der Waals surface area (Å²) in [5.41, 5.74) is -0.00238. The summed E-state index contributed by atoms with van der Waals surface area (Å²) >= 11 is 0. The second kappa shape index (κ2) is 7.82. The SMILES string of the molecule is O=C(Nc1ccc(C(F)(F)F)nc1Nc1ccc2[nH]c(=O)oc2c1)C1CCOCC1. The summed E-state index contributed by atoms with van der Waals surface area (Å²) < 4.78 is 49.7. The van der Waals surface area contributed by atoms with Crippen LogP contribution in [0.4, 0.5) is 30.4 Å². The number of hydrogen-bond acceptors (Lipinski definition) is 6. The molecule has 1 saturated heterocycles. The number of fused-ring (bicyclic) bond motifs is 1. The molecular weight excluding hydrogens is 405 g/mol. The van der Waals surface area contributed by atoms with Crippen LogP contribution in [0.15, 0.2) is 39.5 Å². The van der Waals surface area contributed by atoms with E-state index in [9.17, 15) is 22.8 Å². The van der Waals surface area contributed by atoms with Gasteiger partial charge in [0, 0.05) is 30.9 Å². The number of carbonyl (C=O) groups excluding carboxylic acids is 1. The number of H-pyrrole nitrogens is 1. The molecule has 0 spiro atoms. The predicted octanol–water partition coefficient (Wildman–Crippen LogP) is 3.64. The highest BCUT2D eigenvalue weighted by molar-refractivity contribution is 5.95. The Bertz CT molecular complexity index is 1130. The highest BCUT2D eigenvalue weighted by Gasteiger charge is 2.33. The Morgan fingerprint density at radius 3 is 2.67 bits per heavy atom. The van der Waals surface area contributed by atoms with E-state index >= 15 is 0 Å². The van der Waals surface area contributed by atoms with Crippen molar-refractivity contribution in [1.29, 1.82) is 0 Å². The van der Waals surface area contributed by atoms with Crippen LogP contribution in [-0.4, -0.2) is 29.1 Å². The van der Waals surface area contributed by atoms with Crippen molar-refractivity contribution in [3.05, 3.63) is 46.6 Å². The van der Waals surface area contributed by atoms with Gasteiger partial charge in [-0.25, -0.2) is 9.78 Å². The normalized spacial score (nSPS) is 15.3. The van der Waals surface area contributed by atoms with Crippen molar-refractivity contribution in [3.8, 4) is 0 Å². The second-order valence-corrected chi connectivity index (χ2v) is 6.82. The van der Waals surface area contributed by atoms with Gasteiger partial charge in [-0.1, -0.05) is 0 Å². The molecule has 158 valence electrons. The van der Waals surface area contributed by atoms with E-state index in [2.05, 4.69) is 20.6 Å². The monoisotopic (exact) mass is 422 g/mol. The number of nitrogens with one attached hydrogen (secondary N) is 3. The van der Waals surface area contributed by atoms with Gasteiger partial charge < -0.3 is 19.8 Å². The van der Waals surface area contributed by atoms with Crippen molar-refractivity contribution in [2.75, 3.05) is 23.8 Å². The average Bonchev–Trinajstić information content (AvgIpc) is 3.08. The third-order valence-electron chi connectivity index (χ3n) is 4.72. The standard InChI is InChI=1S/C19H17F3N4O4/c20-19(21,22)15-4-3-13(24-17(27)10-5-7-29-8-6-10)16(26-15)23-11-1-2-12-14(9-11)30-18(28)25-12/h1-4,9-10H,5-8H2,(H,23,26)(H,24,27)(H,25,28). The zero-order chi connectivity index (χ0) is 21.3. The summed E-state index contributed by atoms with van der Waals surface area (Å²) in [4.78, 5) is 30.0. The molecule has 1 amide bonds. The summed E-state index contributed by atoms with van der Waals surface area (Å²) in [6.07, 6.45) is -3.59. The first-order chi connectivity index (χ1) is 14.3. The van der Waals surface area contributed by atoms with E-state index in [1.165, 1.54) is 12.1 Å². The fourth-order valence-corrected chi connectivity index (χ4v) is 3.17. The number of alkyl halides is 3. The summed E-state index contributed by atoms with van der Waals surface area (Å²) in [6, 6.07) is 6.49. The van der Waals surface area contributed by atoms with Gasteiger partial charge in [0.2, 0.25) is 5.91 Å². The molecule has 1 aliphatic rings. The van der Waals surface area contributed by atoms with Crippen molar-refractivity contribution >= 4 is 34.2 Å². The largest absolute Gasteiger partial charge is 0.433 e. The summed E-state index contributed by atoms with van der Waals surface area (Å²) in [5, 5.41) is 5.42. The fraction of sp³-hybridized carbons (Fsp3) is 0.316. The molecule has 1 aliphatic heterocycles. The van der Waals surface area contributed by atoms with Crippen LogP contribution >= 0.6 is 0 Å². The lowest BCUT2D eigenvalue weighted by atomic mass is 9.99. The number of pyridine rings is 1. The van der Waals surface area contributed by atoms with Crippen molar-refractivity contribution < 1.29 is 27.1 Å². The maximum absolute atomic E-state index is 13.2. The van der Waals surface area contributed by atoms with Gasteiger partial charge in [0.05, 0.1) is 11.2 Å². The van der Waals surface area contributed by atoms with Gasteiger partial charge in [0.25, 0.3) is 0 Å². The number of hydrogen-bond donors (Lipinski definition) is 3. The van der Waals surface area contributed by atoms with Gasteiger partial charge >= 0.3 is 11.9 Å². The highest BCUT2D eigenvalue weighted by Crippen LogP contribution is 2.33. The average molecular weight is 422 g/mol. The molecule has 11 heteroatoms. The lowest BCUT2D eigenvalue weighted by molar-refractivity contribution is -0.141. The summed E-state index contributed by atoms with van der Waals surface area (Å²) in [7, 11) is 0. The maximum atomic E-state index is 13.2. The fourth-order valence-electron chi connectivity index (χ4n) is 3.17. The third-order valence-corrected chi connectivity index (χ3v) is 4.72. The summed E-state index contributed by atoms with van der Waals surface area (Å²) in [6.45, 7) is 0.909. The Labute approximate surface area is 167 Å². The molecule has 4 rings (SSSR count). The Morgan fingerprint density at radius 2 is 1.93 bits per heavy atom. The zero-order valence-corrected chi connectivity index (χ0v) is 15.5. The van der Waals surface area contributed by atoms with Crippen molar-refractivity contribution in [1.82, 2.24) is 9.97 Å². The molecule has 8 nitrogen and oxygen atoms in total. The van der Waals surface area contributed by atoms with E-state index in [0.29, 0.717) is 37.3 Å². The number of anilines is 3. The number of rotatable bonds is 4. The van der Waals surface area contributed by atoms with E-state index in [4.69, 9.17) is 9.15 Å². The lowest BCUT2D eigenvalue weighted by Crippen LogP contribution is -2.29. The predicted molar refractivity (Wildman–Crippen MR) is 102 cm³/mol.